The van der Waals surface area contributed by atoms with Crippen molar-refractivity contribution in [2.45, 2.75) is 6.04 Å². The van der Waals surface area contributed by atoms with Crippen molar-refractivity contribution < 1.29 is 0 Å². The maximum atomic E-state index is 5.43. The molecule has 6 nitrogen and oxygen atoms in total. The maximum absolute atomic E-state index is 5.43. The lowest BCUT2D eigenvalue weighted by Gasteiger charge is -2.29. The average molecular weight is 182 g/mol. The molecule has 4 N–H and O–H groups in total. The summed E-state index contributed by atoms with van der Waals surface area (Å²) < 4.78 is 0. The second kappa shape index (κ2) is 3.31. The van der Waals surface area contributed by atoms with Gasteiger partial charge in [-0.3, -0.25) is 5.10 Å². The van der Waals surface area contributed by atoms with Crippen LogP contribution in [0.25, 0.3) is 0 Å². The van der Waals surface area contributed by atoms with Crippen LogP contribution < -0.4 is 11.1 Å². The van der Waals surface area contributed by atoms with Crippen LogP contribution in [0.4, 0.5) is 5.95 Å². The van der Waals surface area contributed by atoms with Gasteiger partial charge in [0.05, 0.1) is 6.04 Å². The molecule has 0 radical (unpaired) electrons. The summed E-state index contributed by atoms with van der Waals surface area (Å²) in [7, 11) is 2.09. The van der Waals surface area contributed by atoms with Gasteiger partial charge in [0.1, 0.15) is 5.82 Å². The van der Waals surface area contributed by atoms with Gasteiger partial charge in [-0.1, -0.05) is 0 Å². The number of aromatic nitrogens is 3. The number of likely N-dealkylation sites (N-methyl/N-ethyl adjacent to an activating group) is 1. The predicted octanol–water partition coefficient (Wildman–Crippen LogP) is -1.04. The zero-order chi connectivity index (χ0) is 9.26. The minimum Gasteiger partial charge on any atom is -0.367 e. The molecule has 1 aliphatic heterocycles. The SMILES string of the molecule is CN1CCNC(c2nc(N)n[nH]2)C1. The molecule has 0 aliphatic carbocycles. The molecule has 0 aromatic carbocycles. The van der Waals surface area contributed by atoms with Crippen molar-refractivity contribution in [2.75, 3.05) is 32.4 Å². The zero-order valence-corrected chi connectivity index (χ0v) is 7.62. The molecule has 0 bridgehead atoms. The molecule has 0 spiro atoms. The number of piperazine rings is 1. The van der Waals surface area contributed by atoms with E-state index >= 15 is 0 Å². The van der Waals surface area contributed by atoms with E-state index in [2.05, 4.69) is 32.4 Å². The van der Waals surface area contributed by atoms with E-state index in [1.54, 1.807) is 0 Å². The third-order valence-corrected chi connectivity index (χ3v) is 2.23. The summed E-state index contributed by atoms with van der Waals surface area (Å²) in [5.41, 5.74) is 5.43. The van der Waals surface area contributed by atoms with Gasteiger partial charge in [-0.15, -0.1) is 5.10 Å². The van der Waals surface area contributed by atoms with Crippen LogP contribution in [-0.4, -0.2) is 46.8 Å². The van der Waals surface area contributed by atoms with Crippen LogP contribution in [0.2, 0.25) is 0 Å². The van der Waals surface area contributed by atoms with Gasteiger partial charge in [-0.05, 0) is 7.05 Å². The summed E-state index contributed by atoms with van der Waals surface area (Å²) in [5.74, 6) is 1.13. The Labute approximate surface area is 76.5 Å². The van der Waals surface area contributed by atoms with Gasteiger partial charge in [0.15, 0.2) is 0 Å². The summed E-state index contributed by atoms with van der Waals surface area (Å²) in [5, 5.41) is 9.97. The Morgan fingerprint density at radius 1 is 1.62 bits per heavy atom. The molecular formula is C7H14N6. The van der Waals surface area contributed by atoms with Gasteiger partial charge in [-0.2, -0.15) is 4.98 Å². The second-order valence-electron chi connectivity index (χ2n) is 3.35. The second-order valence-corrected chi connectivity index (χ2v) is 3.35. The highest BCUT2D eigenvalue weighted by molar-refractivity contribution is 5.14. The highest BCUT2D eigenvalue weighted by Crippen LogP contribution is 2.12. The van der Waals surface area contributed by atoms with E-state index in [0.29, 0.717) is 5.95 Å². The topological polar surface area (TPSA) is 82.9 Å². The smallest absolute Gasteiger partial charge is 0.239 e. The van der Waals surface area contributed by atoms with Crippen LogP contribution in [0, 0.1) is 0 Å². The van der Waals surface area contributed by atoms with Crippen LogP contribution in [0.15, 0.2) is 0 Å². The number of hydrogen-bond acceptors (Lipinski definition) is 5. The Balaban J connectivity index is 2.08. The molecule has 1 saturated heterocycles. The largest absolute Gasteiger partial charge is 0.367 e. The molecule has 1 aromatic heterocycles. The number of nitrogen functional groups attached to an aromatic ring is 1. The van der Waals surface area contributed by atoms with E-state index < -0.39 is 0 Å². The fourth-order valence-corrected chi connectivity index (χ4v) is 1.52. The minimum absolute atomic E-state index is 0.226. The number of nitrogens with one attached hydrogen (secondary N) is 2. The Bertz CT molecular complexity index is 282. The first-order valence-corrected chi connectivity index (χ1v) is 4.35. The molecule has 1 atom stereocenters. The van der Waals surface area contributed by atoms with Crippen molar-refractivity contribution >= 4 is 5.95 Å². The van der Waals surface area contributed by atoms with Crippen LogP contribution in [0.1, 0.15) is 11.9 Å². The van der Waals surface area contributed by atoms with E-state index in [-0.39, 0.29) is 6.04 Å². The lowest BCUT2D eigenvalue weighted by atomic mass is 10.2. The first kappa shape index (κ1) is 8.46. The van der Waals surface area contributed by atoms with Gasteiger partial charge >= 0.3 is 0 Å². The highest BCUT2D eigenvalue weighted by Gasteiger charge is 2.20. The van der Waals surface area contributed by atoms with Crippen molar-refractivity contribution in [3.63, 3.8) is 0 Å². The first-order valence-electron chi connectivity index (χ1n) is 4.35. The number of anilines is 1. The van der Waals surface area contributed by atoms with Crippen LogP contribution in [-0.2, 0) is 0 Å². The Kier molecular flexibility index (Phi) is 2.15. The predicted molar refractivity (Wildman–Crippen MR) is 49.0 cm³/mol. The third-order valence-electron chi connectivity index (χ3n) is 2.23. The number of H-pyrrole nitrogens is 1. The van der Waals surface area contributed by atoms with E-state index in [1.807, 2.05) is 0 Å². The first-order chi connectivity index (χ1) is 6.25. The lowest BCUT2D eigenvalue weighted by Crippen LogP contribution is -2.44. The van der Waals surface area contributed by atoms with Crippen molar-refractivity contribution in [1.29, 1.82) is 0 Å². The third kappa shape index (κ3) is 1.78. The molecule has 2 heterocycles. The molecule has 6 heteroatoms. The monoisotopic (exact) mass is 182 g/mol. The van der Waals surface area contributed by atoms with Gasteiger partial charge in [0.2, 0.25) is 5.95 Å². The van der Waals surface area contributed by atoms with Crippen molar-refractivity contribution in [2.24, 2.45) is 0 Å². The summed E-state index contributed by atoms with van der Waals surface area (Å²) in [6, 6.07) is 0.226. The number of aromatic amines is 1. The van der Waals surface area contributed by atoms with Crippen LogP contribution in [0.3, 0.4) is 0 Å². The molecule has 1 fully saturated rings. The van der Waals surface area contributed by atoms with E-state index in [4.69, 9.17) is 5.73 Å². The molecule has 72 valence electrons. The Morgan fingerprint density at radius 2 is 2.46 bits per heavy atom. The summed E-state index contributed by atoms with van der Waals surface area (Å²) in [6.07, 6.45) is 0. The fraction of sp³-hybridized carbons (Fsp3) is 0.714. The average Bonchev–Trinajstić information content (AvgIpc) is 2.52. The standard InChI is InChI=1S/C7H14N6/c1-13-3-2-9-5(4-13)6-10-7(8)12-11-6/h5,9H,2-4H2,1H3,(H3,8,10,11,12). The quantitative estimate of drug-likeness (QED) is 0.517. The zero-order valence-electron chi connectivity index (χ0n) is 7.62. The Hall–Kier alpha value is -1.14. The van der Waals surface area contributed by atoms with Crippen molar-refractivity contribution in [3.05, 3.63) is 5.82 Å². The lowest BCUT2D eigenvalue weighted by molar-refractivity contribution is 0.235. The molecule has 1 aliphatic rings. The number of nitrogens with zero attached hydrogens (tertiary/aromatic N) is 3. The maximum Gasteiger partial charge on any atom is 0.239 e. The fourth-order valence-electron chi connectivity index (χ4n) is 1.52. The molecular weight excluding hydrogens is 168 g/mol. The molecule has 0 amide bonds. The van der Waals surface area contributed by atoms with Gasteiger partial charge in [0.25, 0.3) is 0 Å². The summed E-state index contributed by atoms with van der Waals surface area (Å²) >= 11 is 0. The molecule has 2 rings (SSSR count). The Morgan fingerprint density at radius 3 is 3.08 bits per heavy atom. The minimum atomic E-state index is 0.226. The van der Waals surface area contributed by atoms with E-state index in [0.717, 1.165) is 25.5 Å². The summed E-state index contributed by atoms with van der Waals surface area (Å²) in [4.78, 5) is 6.34. The number of nitrogens with two attached hydrogens (primary N) is 1. The van der Waals surface area contributed by atoms with E-state index in [9.17, 15) is 0 Å². The summed E-state index contributed by atoms with van der Waals surface area (Å²) in [6.45, 7) is 2.98. The van der Waals surface area contributed by atoms with Crippen LogP contribution in [0.5, 0.6) is 0 Å². The molecule has 1 aromatic rings. The van der Waals surface area contributed by atoms with Crippen LogP contribution >= 0.6 is 0 Å². The van der Waals surface area contributed by atoms with Gasteiger partial charge in [-0.25, -0.2) is 0 Å². The van der Waals surface area contributed by atoms with E-state index in [1.165, 1.54) is 0 Å². The highest BCUT2D eigenvalue weighted by atomic mass is 15.3. The normalized spacial score (nSPS) is 24.8. The van der Waals surface area contributed by atoms with Gasteiger partial charge in [0, 0.05) is 19.6 Å². The van der Waals surface area contributed by atoms with Crippen molar-refractivity contribution in [1.82, 2.24) is 25.4 Å². The molecule has 0 saturated carbocycles. The molecule has 13 heavy (non-hydrogen) atoms. The number of hydrogen-bond donors (Lipinski definition) is 3. The van der Waals surface area contributed by atoms with Crippen molar-refractivity contribution in [3.8, 4) is 0 Å². The van der Waals surface area contributed by atoms with Gasteiger partial charge < -0.3 is 16.0 Å². The number of rotatable bonds is 1. The molecule has 1 unspecified atom stereocenters.